The topological polar surface area (TPSA) is 95.0 Å². The highest BCUT2D eigenvalue weighted by Crippen LogP contribution is 2.16. The van der Waals surface area contributed by atoms with Gasteiger partial charge in [0.2, 0.25) is 5.70 Å². The molecule has 6 nitrogen and oxygen atoms in total. The normalized spacial score (nSPS) is 11.8. The lowest BCUT2D eigenvalue weighted by atomic mass is 10.2. The molecule has 0 bridgehead atoms. The molecule has 0 aliphatic rings. The van der Waals surface area contributed by atoms with Crippen molar-refractivity contribution in [2.75, 3.05) is 6.61 Å². The standard InChI is InChI=1S/C13H13N3O3/c1-3-19-13(18)12(9(2)17)16-15-11-6-4-10(8-14)5-7-11/h4-7,17H,3H2,1-2H3/b12-9-,16-15?. The van der Waals surface area contributed by atoms with Crippen LogP contribution in [0.25, 0.3) is 0 Å². The van der Waals surface area contributed by atoms with Gasteiger partial charge < -0.3 is 9.84 Å². The summed E-state index contributed by atoms with van der Waals surface area (Å²) in [5, 5.41) is 25.5. The van der Waals surface area contributed by atoms with Gasteiger partial charge in [-0.15, -0.1) is 5.11 Å². The zero-order valence-electron chi connectivity index (χ0n) is 10.6. The smallest absolute Gasteiger partial charge is 0.362 e. The van der Waals surface area contributed by atoms with E-state index in [2.05, 4.69) is 10.2 Å². The maximum Gasteiger partial charge on any atom is 0.362 e. The van der Waals surface area contributed by atoms with Crippen molar-refractivity contribution in [2.24, 2.45) is 10.2 Å². The highest BCUT2D eigenvalue weighted by atomic mass is 16.5. The molecule has 0 heterocycles. The predicted molar refractivity (Wildman–Crippen MR) is 67.6 cm³/mol. The molecule has 6 heteroatoms. The number of benzene rings is 1. The Bertz CT molecular complexity index is 549. The summed E-state index contributed by atoms with van der Waals surface area (Å²) in [7, 11) is 0. The number of hydrogen-bond acceptors (Lipinski definition) is 6. The minimum atomic E-state index is -0.736. The zero-order valence-corrected chi connectivity index (χ0v) is 10.6. The molecule has 0 saturated carbocycles. The Hall–Kier alpha value is -2.68. The number of nitriles is 1. The molecule has 0 amide bonds. The Morgan fingerprint density at radius 2 is 2.05 bits per heavy atom. The number of ether oxygens (including phenoxy) is 1. The van der Waals surface area contributed by atoms with Gasteiger partial charge in [-0.05, 0) is 38.1 Å². The fraction of sp³-hybridized carbons (Fsp3) is 0.231. The van der Waals surface area contributed by atoms with Crippen LogP contribution in [-0.4, -0.2) is 17.7 Å². The van der Waals surface area contributed by atoms with Crippen LogP contribution >= 0.6 is 0 Å². The first kappa shape index (κ1) is 14.4. The first-order chi connectivity index (χ1) is 9.08. The Morgan fingerprint density at radius 1 is 1.42 bits per heavy atom. The minimum Gasteiger partial charge on any atom is -0.510 e. The third kappa shape index (κ3) is 4.24. The van der Waals surface area contributed by atoms with Crippen molar-refractivity contribution in [2.45, 2.75) is 13.8 Å². The molecule has 0 aromatic heterocycles. The van der Waals surface area contributed by atoms with Crippen molar-refractivity contribution in [1.82, 2.24) is 0 Å². The van der Waals surface area contributed by atoms with Gasteiger partial charge in [-0.2, -0.15) is 10.4 Å². The fourth-order valence-corrected chi connectivity index (χ4v) is 1.17. The van der Waals surface area contributed by atoms with E-state index in [0.29, 0.717) is 11.3 Å². The van der Waals surface area contributed by atoms with Crippen LogP contribution in [0, 0.1) is 11.3 Å². The molecule has 1 rings (SSSR count). The Kier molecular flexibility index (Phi) is 5.23. The number of aliphatic hydroxyl groups is 1. The van der Waals surface area contributed by atoms with Crippen molar-refractivity contribution >= 4 is 11.7 Å². The van der Waals surface area contributed by atoms with Crippen LogP contribution < -0.4 is 0 Å². The van der Waals surface area contributed by atoms with Gasteiger partial charge in [-0.25, -0.2) is 4.79 Å². The van der Waals surface area contributed by atoms with Gasteiger partial charge in [0.1, 0.15) is 5.76 Å². The summed E-state index contributed by atoms with van der Waals surface area (Å²) >= 11 is 0. The highest BCUT2D eigenvalue weighted by Gasteiger charge is 2.13. The van der Waals surface area contributed by atoms with E-state index in [9.17, 15) is 9.90 Å². The molecule has 0 unspecified atom stereocenters. The first-order valence-corrected chi connectivity index (χ1v) is 5.57. The average Bonchev–Trinajstić information content (AvgIpc) is 2.39. The van der Waals surface area contributed by atoms with Gasteiger partial charge in [0, 0.05) is 0 Å². The van der Waals surface area contributed by atoms with Crippen LogP contribution in [0.2, 0.25) is 0 Å². The van der Waals surface area contributed by atoms with Crippen LogP contribution in [0.5, 0.6) is 0 Å². The van der Waals surface area contributed by atoms with E-state index < -0.39 is 5.97 Å². The number of nitrogens with zero attached hydrogens (tertiary/aromatic N) is 3. The van der Waals surface area contributed by atoms with Gasteiger partial charge in [-0.1, -0.05) is 0 Å². The molecule has 0 radical (unpaired) electrons. The number of carbonyl (C=O) groups is 1. The van der Waals surface area contributed by atoms with E-state index in [1.807, 2.05) is 6.07 Å². The molecule has 98 valence electrons. The third-order valence-electron chi connectivity index (χ3n) is 2.07. The summed E-state index contributed by atoms with van der Waals surface area (Å²) in [4.78, 5) is 11.5. The number of esters is 1. The summed E-state index contributed by atoms with van der Waals surface area (Å²) in [6.07, 6.45) is 0. The molecule has 19 heavy (non-hydrogen) atoms. The van der Waals surface area contributed by atoms with Crippen molar-refractivity contribution in [3.63, 3.8) is 0 Å². The van der Waals surface area contributed by atoms with Crippen LogP contribution in [-0.2, 0) is 9.53 Å². The van der Waals surface area contributed by atoms with E-state index in [-0.39, 0.29) is 18.1 Å². The summed E-state index contributed by atoms with van der Waals surface area (Å²) in [6.45, 7) is 3.16. The van der Waals surface area contributed by atoms with E-state index in [0.717, 1.165) is 0 Å². The number of azo groups is 1. The second-order valence-electron chi connectivity index (χ2n) is 3.51. The number of aliphatic hydroxyl groups excluding tert-OH is 1. The Balaban J connectivity index is 2.91. The molecule has 1 aromatic rings. The molecule has 0 saturated heterocycles. The first-order valence-electron chi connectivity index (χ1n) is 5.57. The number of allylic oxidation sites excluding steroid dienone is 1. The quantitative estimate of drug-likeness (QED) is 0.389. The lowest BCUT2D eigenvalue weighted by Gasteiger charge is -2.01. The Morgan fingerprint density at radius 3 is 2.53 bits per heavy atom. The van der Waals surface area contributed by atoms with Crippen molar-refractivity contribution < 1.29 is 14.6 Å². The summed E-state index contributed by atoms with van der Waals surface area (Å²) < 4.78 is 4.74. The number of hydrogen-bond donors (Lipinski definition) is 1. The number of carbonyl (C=O) groups excluding carboxylic acids is 1. The van der Waals surface area contributed by atoms with E-state index in [1.165, 1.54) is 6.92 Å². The zero-order chi connectivity index (χ0) is 14.3. The summed E-state index contributed by atoms with van der Waals surface area (Å²) in [5.41, 5.74) is 0.715. The molecule has 0 aliphatic carbocycles. The summed E-state index contributed by atoms with van der Waals surface area (Å²) in [5.74, 6) is -1.00. The van der Waals surface area contributed by atoms with Crippen LogP contribution in [0.3, 0.4) is 0 Å². The van der Waals surface area contributed by atoms with E-state index in [4.69, 9.17) is 10.00 Å². The molecular formula is C13H13N3O3. The molecule has 0 aliphatic heterocycles. The second kappa shape index (κ2) is 6.91. The maximum atomic E-state index is 11.5. The largest absolute Gasteiger partial charge is 0.510 e. The average molecular weight is 259 g/mol. The lowest BCUT2D eigenvalue weighted by molar-refractivity contribution is -0.138. The lowest BCUT2D eigenvalue weighted by Crippen LogP contribution is -2.07. The fourth-order valence-electron chi connectivity index (χ4n) is 1.17. The van der Waals surface area contributed by atoms with Crippen LogP contribution in [0.15, 0.2) is 46.0 Å². The second-order valence-corrected chi connectivity index (χ2v) is 3.51. The summed E-state index contributed by atoms with van der Waals surface area (Å²) in [6, 6.07) is 8.29. The van der Waals surface area contributed by atoms with Crippen molar-refractivity contribution in [3.05, 3.63) is 41.3 Å². The predicted octanol–water partition coefficient (Wildman–Crippen LogP) is 2.99. The molecule has 1 N–H and O–H groups in total. The maximum absolute atomic E-state index is 11.5. The highest BCUT2D eigenvalue weighted by molar-refractivity contribution is 5.88. The third-order valence-corrected chi connectivity index (χ3v) is 2.07. The molecule has 0 spiro atoms. The molecule has 0 atom stereocenters. The van der Waals surface area contributed by atoms with Crippen molar-refractivity contribution in [1.29, 1.82) is 5.26 Å². The SMILES string of the molecule is CCOC(=O)/C(N=Nc1ccc(C#N)cc1)=C(\C)O. The van der Waals surface area contributed by atoms with Crippen LogP contribution in [0.4, 0.5) is 5.69 Å². The van der Waals surface area contributed by atoms with Gasteiger partial charge in [0.05, 0.1) is 23.9 Å². The monoisotopic (exact) mass is 259 g/mol. The van der Waals surface area contributed by atoms with E-state index in [1.54, 1.807) is 31.2 Å². The van der Waals surface area contributed by atoms with Gasteiger partial charge in [0.25, 0.3) is 0 Å². The minimum absolute atomic E-state index is 0.183. The molecular weight excluding hydrogens is 246 g/mol. The molecule has 1 aromatic carbocycles. The van der Waals surface area contributed by atoms with E-state index >= 15 is 0 Å². The number of rotatable bonds is 4. The van der Waals surface area contributed by atoms with Crippen LogP contribution in [0.1, 0.15) is 19.4 Å². The van der Waals surface area contributed by atoms with Gasteiger partial charge in [-0.3, -0.25) is 0 Å². The molecule has 0 fully saturated rings. The van der Waals surface area contributed by atoms with Gasteiger partial charge >= 0.3 is 5.97 Å². The Labute approximate surface area is 110 Å². The van der Waals surface area contributed by atoms with Gasteiger partial charge in [0.15, 0.2) is 0 Å². The van der Waals surface area contributed by atoms with Crippen molar-refractivity contribution in [3.8, 4) is 6.07 Å².